The van der Waals surface area contributed by atoms with E-state index in [1.807, 2.05) is 16.9 Å². The minimum absolute atomic E-state index is 0.224. The summed E-state index contributed by atoms with van der Waals surface area (Å²) >= 11 is 0. The fourth-order valence-corrected chi connectivity index (χ4v) is 1.87. The third kappa shape index (κ3) is 4.13. The molecule has 0 unspecified atom stereocenters. The summed E-state index contributed by atoms with van der Waals surface area (Å²) in [4.78, 5) is 10.0. The quantitative estimate of drug-likeness (QED) is 0.478. The molecule has 2 aromatic rings. The van der Waals surface area contributed by atoms with Gasteiger partial charge in [0.05, 0.1) is 11.0 Å². The lowest BCUT2D eigenvalue weighted by Gasteiger charge is -2.05. The number of hydrogen-bond donors (Lipinski definition) is 1. The number of hydrogen-bond acceptors (Lipinski definition) is 4. The van der Waals surface area contributed by atoms with Crippen LogP contribution in [0.2, 0.25) is 0 Å². The number of halogens is 1. The maximum Gasteiger partial charge on any atom is 0.272 e. The van der Waals surface area contributed by atoms with E-state index < -0.39 is 10.7 Å². The molecule has 1 aromatic carbocycles. The number of nitro groups is 1. The summed E-state index contributed by atoms with van der Waals surface area (Å²) in [5, 5.41) is 17.8. The van der Waals surface area contributed by atoms with Crippen molar-refractivity contribution in [2.75, 3.05) is 6.54 Å². The van der Waals surface area contributed by atoms with Gasteiger partial charge in [-0.1, -0.05) is 0 Å². The third-order valence-electron chi connectivity index (χ3n) is 2.78. The monoisotopic (exact) mass is 278 g/mol. The van der Waals surface area contributed by atoms with Gasteiger partial charge in [-0.25, -0.2) is 4.39 Å². The second-order valence-corrected chi connectivity index (χ2v) is 4.37. The molecule has 1 aromatic heterocycles. The van der Waals surface area contributed by atoms with Gasteiger partial charge in [-0.2, -0.15) is 5.10 Å². The van der Waals surface area contributed by atoms with Crippen LogP contribution in [-0.2, 0) is 13.1 Å². The first kappa shape index (κ1) is 14.1. The maximum absolute atomic E-state index is 13.2. The Balaban J connectivity index is 1.77. The molecule has 0 aliphatic heterocycles. The normalized spacial score (nSPS) is 10.7. The molecule has 0 saturated carbocycles. The van der Waals surface area contributed by atoms with Gasteiger partial charge in [0.15, 0.2) is 0 Å². The minimum atomic E-state index is -0.593. The Morgan fingerprint density at radius 2 is 2.25 bits per heavy atom. The van der Waals surface area contributed by atoms with Crippen molar-refractivity contribution in [1.29, 1.82) is 0 Å². The number of benzene rings is 1. The molecular formula is C13H15FN4O2. The number of non-ortho nitro benzene ring substituents is 1. The standard InChI is InChI=1S/C13H15FN4O2/c14-12-7-11(8-13(9-12)18(19)20)10-15-3-1-5-17-6-2-4-16-17/h2,4,6-9,15H,1,3,5,10H2. The van der Waals surface area contributed by atoms with Crippen LogP contribution in [0, 0.1) is 15.9 Å². The summed E-state index contributed by atoms with van der Waals surface area (Å²) in [5.74, 6) is -0.590. The summed E-state index contributed by atoms with van der Waals surface area (Å²) in [6.45, 7) is 1.92. The molecule has 106 valence electrons. The van der Waals surface area contributed by atoms with Gasteiger partial charge in [-0.05, 0) is 30.7 Å². The van der Waals surface area contributed by atoms with E-state index in [1.165, 1.54) is 12.1 Å². The Labute approximate surface area is 115 Å². The van der Waals surface area contributed by atoms with Crippen molar-refractivity contribution in [1.82, 2.24) is 15.1 Å². The molecule has 1 heterocycles. The van der Waals surface area contributed by atoms with Gasteiger partial charge >= 0.3 is 0 Å². The Morgan fingerprint density at radius 3 is 2.95 bits per heavy atom. The fraction of sp³-hybridized carbons (Fsp3) is 0.308. The van der Waals surface area contributed by atoms with E-state index in [-0.39, 0.29) is 5.69 Å². The van der Waals surface area contributed by atoms with Gasteiger partial charge in [0.25, 0.3) is 5.69 Å². The fourth-order valence-electron chi connectivity index (χ4n) is 1.87. The Kier molecular flexibility index (Phi) is 4.78. The molecule has 0 spiro atoms. The zero-order valence-electron chi connectivity index (χ0n) is 10.8. The van der Waals surface area contributed by atoms with Crippen LogP contribution < -0.4 is 5.32 Å². The van der Waals surface area contributed by atoms with Crippen molar-refractivity contribution >= 4 is 5.69 Å². The molecule has 7 heteroatoms. The van der Waals surface area contributed by atoms with E-state index in [0.717, 1.165) is 25.6 Å². The Hall–Kier alpha value is -2.28. The molecule has 0 fully saturated rings. The first-order valence-electron chi connectivity index (χ1n) is 6.27. The molecule has 6 nitrogen and oxygen atoms in total. The summed E-state index contributed by atoms with van der Waals surface area (Å²) < 4.78 is 15.0. The summed E-state index contributed by atoms with van der Waals surface area (Å²) in [7, 11) is 0. The van der Waals surface area contributed by atoms with Crippen LogP contribution in [0.4, 0.5) is 10.1 Å². The predicted octanol–water partition coefficient (Wildman–Crippen LogP) is 2.11. The second-order valence-electron chi connectivity index (χ2n) is 4.37. The highest BCUT2D eigenvalue weighted by molar-refractivity contribution is 5.35. The SMILES string of the molecule is O=[N+]([O-])c1cc(F)cc(CNCCCn2cccn2)c1. The number of aromatic nitrogens is 2. The van der Waals surface area contributed by atoms with Crippen LogP contribution >= 0.6 is 0 Å². The molecule has 0 bridgehead atoms. The van der Waals surface area contributed by atoms with Gasteiger partial charge in [0.1, 0.15) is 5.82 Å². The summed E-state index contributed by atoms with van der Waals surface area (Å²) in [6, 6.07) is 5.46. The number of aryl methyl sites for hydroxylation is 1. The molecule has 1 N–H and O–H groups in total. The topological polar surface area (TPSA) is 73.0 Å². The van der Waals surface area contributed by atoms with Crippen molar-refractivity contribution in [2.45, 2.75) is 19.5 Å². The summed E-state index contributed by atoms with van der Waals surface area (Å²) in [6.07, 6.45) is 4.48. The third-order valence-corrected chi connectivity index (χ3v) is 2.78. The largest absolute Gasteiger partial charge is 0.313 e. The van der Waals surface area contributed by atoms with Gasteiger partial charge in [0.2, 0.25) is 0 Å². The van der Waals surface area contributed by atoms with E-state index in [2.05, 4.69) is 10.4 Å². The Morgan fingerprint density at radius 1 is 1.40 bits per heavy atom. The number of nitro benzene ring substituents is 1. The molecule has 0 aliphatic rings. The van der Waals surface area contributed by atoms with Crippen molar-refractivity contribution in [3.63, 3.8) is 0 Å². The van der Waals surface area contributed by atoms with E-state index in [4.69, 9.17) is 0 Å². The Bertz CT molecular complexity index is 572. The average molecular weight is 278 g/mol. The van der Waals surface area contributed by atoms with Crippen molar-refractivity contribution in [2.24, 2.45) is 0 Å². The zero-order valence-corrected chi connectivity index (χ0v) is 10.8. The van der Waals surface area contributed by atoms with E-state index in [1.54, 1.807) is 6.20 Å². The van der Waals surface area contributed by atoms with Crippen molar-refractivity contribution in [3.05, 3.63) is 58.2 Å². The van der Waals surface area contributed by atoms with Gasteiger partial charge in [-0.15, -0.1) is 0 Å². The molecule has 0 saturated heterocycles. The van der Waals surface area contributed by atoms with Gasteiger partial charge in [0, 0.05) is 31.5 Å². The van der Waals surface area contributed by atoms with E-state index in [0.29, 0.717) is 12.1 Å². The highest BCUT2D eigenvalue weighted by atomic mass is 19.1. The molecule has 2 rings (SSSR count). The van der Waals surface area contributed by atoms with Crippen LogP contribution in [0.15, 0.2) is 36.7 Å². The van der Waals surface area contributed by atoms with E-state index in [9.17, 15) is 14.5 Å². The lowest BCUT2D eigenvalue weighted by atomic mass is 10.2. The number of nitrogens with one attached hydrogen (secondary N) is 1. The summed E-state index contributed by atoms with van der Waals surface area (Å²) in [5.41, 5.74) is 0.342. The molecular weight excluding hydrogens is 263 g/mol. The zero-order chi connectivity index (χ0) is 14.4. The highest BCUT2D eigenvalue weighted by Crippen LogP contribution is 2.16. The lowest BCUT2D eigenvalue weighted by molar-refractivity contribution is -0.385. The molecule has 0 amide bonds. The number of nitrogens with zero attached hydrogens (tertiary/aromatic N) is 3. The van der Waals surface area contributed by atoms with Crippen LogP contribution in [0.5, 0.6) is 0 Å². The first-order chi connectivity index (χ1) is 9.65. The van der Waals surface area contributed by atoms with Crippen molar-refractivity contribution < 1.29 is 9.31 Å². The molecule has 0 atom stereocenters. The highest BCUT2D eigenvalue weighted by Gasteiger charge is 2.09. The molecule has 20 heavy (non-hydrogen) atoms. The van der Waals surface area contributed by atoms with Crippen LogP contribution in [-0.4, -0.2) is 21.2 Å². The average Bonchev–Trinajstić information content (AvgIpc) is 2.91. The van der Waals surface area contributed by atoms with E-state index >= 15 is 0 Å². The van der Waals surface area contributed by atoms with Gasteiger partial charge < -0.3 is 5.32 Å². The van der Waals surface area contributed by atoms with Crippen molar-refractivity contribution in [3.8, 4) is 0 Å². The number of rotatable bonds is 7. The second kappa shape index (κ2) is 6.76. The first-order valence-corrected chi connectivity index (χ1v) is 6.27. The smallest absolute Gasteiger partial charge is 0.272 e. The predicted molar refractivity (Wildman–Crippen MR) is 71.6 cm³/mol. The minimum Gasteiger partial charge on any atom is -0.313 e. The lowest BCUT2D eigenvalue weighted by Crippen LogP contribution is -2.16. The van der Waals surface area contributed by atoms with Gasteiger partial charge in [-0.3, -0.25) is 14.8 Å². The molecule has 0 radical (unpaired) electrons. The van der Waals surface area contributed by atoms with Crippen LogP contribution in [0.3, 0.4) is 0 Å². The molecule has 0 aliphatic carbocycles. The van der Waals surface area contributed by atoms with Crippen LogP contribution in [0.25, 0.3) is 0 Å². The van der Waals surface area contributed by atoms with Crippen LogP contribution in [0.1, 0.15) is 12.0 Å². The maximum atomic E-state index is 13.2.